The zero-order chi connectivity index (χ0) is 16.3. The molecule has 0 fully saturated rings. The number of aromatic nitrogens is 2. The van der Waals surface area contributed by atoms with E-state index in [0.717, 1.165) is 41.4 Å². The highest BCUT2D eigenvalue weighted by Crippen LogP contribution is 2.20. The van der Waals surface area contributed by atoms with Crippen LogP contribution in [0.5, 0.6) is 5.88 Å². The lowest BCUT2D eigenvalue weighted by molar-refractivity contribution is 0.294. The van der Waals surface area contributed by atoms with E-state index in [0.29, 0.717) is 12.4 Å². The van der Waals surface area contributed by atoms with Crippen LogP contribution < -0.4 is 10.5 Å². The van der Waals surface area contributed by atoms with Gasteiger partial charge < -0.3 is 15.5 Å². The van der Waals surface area contributed by atoms with E-state index in [1.165, 1.54) is 38.5 Å². The third-order valence-electron chi connectivity index (χ3n) is 4.02. The van der Waals surface area contributed by atoms with E-state index >= 15 is 0 Å². The fraction of sp³-hybridized carbons (Fsp3) is 0.611. The molecule has 0 saturated heterocycles. The number of rotatable bonds is 12. The first kappa shape index (κ1) is 18.3. The Morgan fingerprint density at radius 3 is 2.52 bits per heavy atom. The molecule has 0 aliphatic carbocycles. The average Bonchev–Trinajstić information content (AvgIpc) is 2.96. The van der Waals surface area contributed by atoms with Crippen molar-refractivity contribution < 1.29 is 4.74 Å². The highest BCUT2D eigenvalue weighted by Gasteiger charge is 2.06. The first-order valence-corrected chi connectivity index (χ1v) is 9.83. The first-order chi connectivity index (χ1) is 11.3. The summed E-state index contributed by atoms with van der Waals surface area (Å²) in [4.78, 5) is 7.84. The van der Waals surface area contributed by atoms with Crippen molar-refractivity contribution in [2.24, 2.45) is 5.73 Å². The summed E-state index contributed by atoms with van der Waals surface area (Å²) in [7, 11) is 0. The second kappa shape index (κ2) is 10.7. The summed E-state index contributed by atoms with van der Waals surface area (Å²) in [5.74, 6) is 0.715. The van der Waals surface area contributed by atoms with E-state index in [1.54, 1.807) is 0 Å². The van der Waals surface area contributed by atoms with Gasteiger partial charge in [0.25, 0.3) is 0 Å². The molecule has 2 aromatic rings. The molecule has 0 aromatic carbocycles. The summed E-state index contributed by atoms with van der Waals surface area (Å²) in [6.45, 7) is 1.38. The Kier molecular flexibility index (Phi) is 8.47. The van der Waals surface area contributed by atoms with Gasteiger partial charge in [-0.1, -0.05) is 48.0 Å². The fourth-order valence-corrected chi connectivity index (χ4v) is 3.12. The van der Waals surface area contributed by atoms with Crippen LogP contribution in [0.3, 0.4) is 0 Å². The Hall–Kier alpha value is -1.07. The number of fused-ring (bicyclic) bond motifs is 1. The molecule has 0 spiro atoms. The van der Waals surface area contributed by atoms with E-state index in [9.17, 15) is 0 Å². The molecular weight excluding hydrogens is 354 g/mol. The second-order valence-corrected chi connectivity index (χ2v) is 6.70. The van der Waals surface area contributed by atoms with Crippen LogP contribution in [-0.2, 0) is 6.42 Å². The highest BCUT2D eigenvalue weighted by molar-refractivity contribution is 9.09. The van der Waals surface area contributed by atoms with Crippen molar-refractivity contribution in [3.8, 4) is 5.88 Å². The van der Waals surface area contributed by atoms with Crippen LogP contribution in [0.4, 0.5) is 0 Å². The Morgan fingerprint density at radius 1 is 1.04 bits per heavy atom. The predicted molar refractivity (Wildman–Crippen MR) is 100 cm³/mol. The lowest BCUT2D eigenvalue weighted by Crippen LogP contribution is -2.03. The second-order valence-electron chi connectivity index (χ2n) is 5.91. The summed E-state index contributed by atoms with van der Waals surface area (Å²) in [6, 6.07) is 3.97. The number of unbranched alkanes of at least 4 members (excludes halogenated alkanes) is 6. The van der Waals surface area contributed by atoms with Gasteiger partial charge in [-0.05, 0) is 37.4 Å². The topological polar surface area (TPSA) is 63.9 Å². The minimum atomic E-state index is 0.634. The third-order valence-corrected chi connectivity index (χ3v) is 4.58. The van der Waals surface area contributed by atoms with E-state index < -0.39 is 0 Å². The average molecular weight is 382 g/mol. The molecule has 0 atom stereocenters. The molecular formula is C18H28BrN3O. The van der Waals surface area contributed by atoms with Gasteiger partial charge in [-0.2, -0.15) is 0 Å². The molecule has 4 nitrogen and oxygen atoms in total. The number of nitrogens with zero attached hydrogens (tertiary/aromatic N) is 1. The molecule has 23 heavy (non-hydrogen) atoms. The van der Waals surface area contributed by atoms with Crippen molar-refractivity contribution in [3.63, 3.8) is 0 Å². The van der Waals surface area contributed by atoms with Gasteiger partial charge in [0.2, 0.25) is 5.88 Å². The summed E-state index contributed by atoms with van der Waals surface area (Å²) >= 11 is 3.47. The zero-order valence-electron chi connectivity index (χ0n) is 13.8. The number of halogens is 1. The number of nitrogens with one attached hydrogen (secondary N) is 1. The number of alkyl halides is 1. The van der Waals surface area contributed by atoms with Crippen molar-refractivity contribution >= 4 is 27.0 Å². The van der Waals surface area contributed by atoms with Crippen LogP contribution in [0.25, 0.3) is 11.0 Å². The maximum absolute atomic E-state index is 5.80. The minimum Gasteiger partial charge on any atom is -0.478 e. The standard InChI is InChI=1S/C18H28BrN3O/c19-11-6-4-2-1-3-5-7-13-23-17-9-8-16-18(22-17)15(10-12-20)14-21-16/h8-9,14,21H,1-7,10-13,20H2. The Bertz CT molecular complexity index is 570. The lowest BCUT2D eigenvalue weighted by atomic mass is 10.1. The Labute approximate surface area is 147 Å². The lowest BCUT2D eigenvalue weighted by Gasteiger charge is -2.06. The predicted octanol–water partition coefficient (Wildman–Crippen LogP) is 4.57. The van der Waals surface area contributed by atoms with Gasteiger partial charge in [0, 0.05) is 17.6 Å². The summed E-state index contributed by atoms with van der Waals surface area (Å²) in [5, 5.41) is 1.13. The first-order valence-electron chi connectivity index (χ1n) is 8.71. The number of hydrogen-bond acceptors (Lipinski definition) is 3. The largest absolute Gasteiger partial charge is 0.478 e. The molecule has 0 radical (unpaired) electrons. The molecule has 2 heterocycles. The molecule has 2 rings (SSSR count). The minimum absolute atomic E-state index is 0.634. The molecule has 3 N–H and O–H groups in total. The van der Waals surface area contributed by atoms with E-state index in [-0.39, 0.29) is 0 Å². The highest BCUT2D eigenvalue weighted by atomic mass is 79.9. The van der Waals surface area contributed by atoms with Gasteiger partial charge in [-0.15, -0.1) is 0 Å². The van der Waals surface area contributed by atoms with E-state index in [2.05, 4.69) is 25.9 Å². The molecule has 2 aromatic heterocycles. The van der Waals surface area contributed by atoms with Gasteiger partial charge in [0.15, 0.2) is 0 Å². The summed E-state index contributed by atoms with van der Waals surface area (Å²) in [6.07, 6.45) is 11.8. The van der Waals surface area contributed by atoms with Gasteiger partial charge in [0.1, 0.15) is 0 Å². The molecule has 0 aliphatic heterocycles. The smallest absolute Gasteiger partial charge is 0.213 e. The monoisotopic (exact) mass is 381 g/mol. The van der Waals surface area contributed by atoms with Crippen LogP contribution in [0, 0.1) is 0 Å². The Morgan fingerprint density at radius 2 is 1.78 bits per heavy atom. The van der Waals surface area contributed by atoms with Gasteiger partial charge >= 0.3 is 0 Å². The van der Waals surface area contributed by atoms with Crippen molar-refractivity contribution in [2.45, 2.75) is 51.4 Å². The zero-order valence-corrected chi connectivity index (χ0v) is 15.4. The number of H-pyrrole nitrogens is 1. The maximum Gasteiger partial charge on any atom is 0.213 e. The van der Waals surface area contributed by atoms with Crippen molar-refractivity contribution in [3.05, 3.63) is 23.9 Å². The van der Waals surface area contributed by atoms with Crippen LogP contribution in [0.1, 0.15) is 50.5 Å². The normalized spacial score (nSPS) is 11.2. The van der Waals surface area contributed by atoms with Crippen LogP contribution in [0.15, 0.2) is 18.3 Å². The van der Waals surface area contributed by atoms with E-state index in [4.69, 9.17) is 10.5 Å². The van der Waals surface area contributed by atoms with Gasteiger partial charge in [-0.25, -0.2) is 4.98 Å². The molecule has 128 valence electrons. The molecule has 0 bridgehead atoms. The Balaban J connectivity index is 1.67. The maximum atomic E-state index is 5.80. The number of aromatic amines is 1. The van der Waals surface area contributed by atoms with Gasteiger partial charge in [0.05, 0.1) is 17.6 Å². The summed E-state index contributed by atoms with van der Waals surface area (Å²) < 4.78 is 5.80. The number of hydrogen-bond donors (Lipinski definition) is 2. The molecule has 0 saturated carbocycles. The van der Waals surface area contributed by atoms with Gasteiger partial charge in [-0.3, -0.25) is 0 Å². The van der Waals surface area contributed by atoms with Crippen LogP contribution in [-0.4, -0.2) is 28.4 Å². The third kappa shape index (κ3) is 6.15. The van der Waals surface area contributed by atoms with Crippen molar-refractivity contribution in [1.82, 2.24) is 9.97 Å². The summed E-state index contributed by atoms with van der Waals surface area (Å²) in [5.41, 5.74) is 8.83. The molecule has 5 heteroatoms. The number of pyridine rings is 1. The van der Waals surface area contributed by atoms with E-state index in [1.807, 2.05) is 18.3 Å². The van der Waals surface area contributed by atoms with Crippen molar-refractivity contribution in [2.75, 3.05) is 18.5 Å². The number of nitrogens with two attached hydrogens (primary N) is 1. The van der Waals surface area contributed by atoms with Crippen LogP contribution in [0.2, 0.25) is 0 Å². The molecule has 0 unspecified atom stereocenters. The molecule has 0 aliphatic rings. The van der Waals surface area contributed by atoms with Crippen LogP contribution >= 0.6 is 15.9 Å². The fourth-order valence-electron chi connectivity index (χ4n) is 2.72. The SMILES string of the molecule is NCCc1c[nH]c2ccc(OCCCCCCCCCBr)nc12. The molecule has 0 amide bonds. The quantitative estimate of drug-likeness (QED) is 0.418. The van der Waals surface area contributed by atoms with Crippen molar-refractivity contribution in [1.29, 1.82) is 0 Å². The number of ether oxygens (including phenoxy) is 1.